The number of amides is 1. The van der Waals surface area contributed by atoms with E-state index in [1.165, 1.54) is 10.7 Å². The molecule has 1 aliphatic rings. The van der Waals surface area contributed by atoms with Gasteiger partial charge in [0, 0.05) is 30.9 Å². The van der Waals surface area contributed by atoms with Crippen LogP contribution in [0.4, 0.5) is 0 Å². The average molecular weight is 316 g/mol. The van der Waals surface area contributed by atoms with Crippen molar-refractivity contribution in [3.8, 4) is 5.88 Å². The summed E-state index contributed by atoms with van der Waals surface area (Å²) in [5.41, 5.74) is 1.13. The molecule has 120 valence electrons. The fourth-order valence-electron chi connectivity index (χ4n) is 2.61. The molecule has 3 heterocycles. The van der Waals surface area contributed by atoms with Gasteiger partial charge in [0.25, 0.3) is 5.91 Å². The quantitative estimate of drug-likeness (QED) is 0.871. The van der Waals surface area contributed by atoms with Crippen molar-refractivity contribution in [2.75, 3.05) is 20.2 Å². The lowest BCUT2D eigenvalue weighted by atomic mass is 10.1. The summed E-state index contributed by atoms with van der Waals surface area (Å²) < 4.78 is 6.66. The van der Waals surface area contributed by atoms with Crippen LogP contribution in [0.2, 0.25) is 0 Å². The molecule has 2 aromatic heterocycles. The van der Waals surface area contributed by atoms with Crippen molar-refractivity contribution >= 4 is 11.9 Å². The summed E-state index contributed by atoms with van der Waals surface area (Å²) in [6.07, 6.45) is 2.27. The van der Waals surface area contributed by atoms with Gasteiger partial charge < -0.3 is 14.7 Å². The minimum Gasteiger partial charge on any atom is -0.481 e. The highest BCUT2D eigenvalue weighted by Crippen LogP contribution is 2.18. The molecule has 1 N–H and O–H groups in total. The van der Waals surface area contributed by atoms with Crippen LogP contribution < -0.4 is 4.74 Å². The van der Waals surface area contributed by atoms with Crippen LogP contribution in [0.5, 0.6) is 5.88 Å². The number of ether oxygens (including phenoxy) is 1. The van der Waals surface area contributed by atoms with E-state index in [0.29, 0.717) is 37.6 Å². The van der Waals surface area contributed by atoms with E-state index in [0.717, 1.165) is 5.56 Å². The normalized spacial score (nSPS) is 13.8. The number of pyridine rings is 1. The maximum absolute atomic E-state index is 12.5. The first-order valence-corrected chi connectivity index (χ1v) is 7.18. The number of nitrogens with zero attached hydrogens (tertiary/aromatic N) is 4. The maximum atomic E-state index is 12.5. The standard InChI is InChI=1S/C15H16N4O4/c1-23-13-10(3-2-5-16-13)4-6-18-7-8-19-12(14(18)20)9-11(17-19)15(21)22/h2-3,5,9H,4,6-8H2,1H3,(H,21,22). The van der Waals surface area contributed by atoms with E-state index in [-0.39, 0.29) is 11.6 Å². The second-order valence-corrected chi connectivity index (χ2v) is 5.16. The summed E-state index contributed by atoms with van der Waals surface area (Å²) >= 11 is 0. The van der Waals surface area contributed by atoms with Gasteiger partial charge in [-0.15, -0.1) is 0 Å². The van der Waals surface area contributed by atoms with Gasteiger partial charge in [-0.05, 0) is 12.5 Å². The molecule has 3 rings (SSSR count). The number of aromatic nitrogens is 3. The molecule has 1 aliphatic heterocycles. The third-order valence-corrected chi connectivity index (χ3v) is 3.78. The van der Waals surface area contributed by atoms with Crippen molar-refractivity contribution in [1.82, 2.24) is 19.7 Å². The molecule has 8 heteroatoms. The van der Waals surface area contributed by atoms with Gasteiger partial charge in [0.1, 0.15) is 5.69 Å². The topological polar surface area (TPSA) is 97.6 Å². The number of carbonyl (C=O) groups is 2. The SMILES string of the molecule is COc1ncccc1CCN1CCn2nc(C(=O)O)cc2C1=O. The molecule has 0 aromatic carbocycles. The highest BCUT2D eigenvalue weighted by Gasteiger charge is 2.27. The molecule has 0 radical (unpaired) electrons. The third-order valence-electron chi connectivity index (χ3n) is 3.78. The Hall–Kier alpha value is -2.90. The summed E-state index contributed by atoms with van der Waals surface area (Å²) in [6.45, 7) is 1.49. The number of carboxylic acid groups (broad SMARTS) is 1. The maximum Gasteiger partial charge on any atom is 0.356 e. The van der Waals surface area contributed by atoms with E-state index in [9.17, 15) is 9.59 Å². The van der Waals surface area contributed by atoms with Gasteiger partial charge in [0.15, 0.2) is 5.69 Å². The molecular weight excluding hydrogens is 300 g/mol. The fourth-order valence-corrected chi connectivity index (χ4v) is 2.61. The minimum atomic E-state index is -1.13. The number of methoxy groups -OCH3 is 1. The molecular formula is C15H16N4O4. The number of aromatic carboxylic acids is 1. The lowest BCUT2D eigenvalue weighted by Gasteiger charge is -2.27. The third kappa shape index (κ3) is 2.87. The number of hydrogen-bond donors (Lipinski definition) is 1. The van der Waals surface area contributed by atoms with Crippen molar-refractivity contribution < 1.29 is 19.4 Å². The first-order valence-electron chi connectivity index (χ1n) is 7.18. The van der Waals surface area contributed by atoms with Crippen molar-refractivity contribution in [1.29, 1.82) is 0 Å². The molecule has 2 aromatic rings. The van der Waals surface area contributed by atoms with Crippen LogP contribution in [-0.4, -0.2) is 56.8 Å². The van der Waals surface area contributed by atoms with Gasteiger partial charge in [-0.2, -0.15) is 5.10 Å². The summed E-state index contributed by atoms with van der Waals surface area (Å²) in [5, 5.41) is 12.9. The number of carbonyl (C=O) groups excluding carboxylic acids is 1. The molecule has 0 unspecified atom stereocenters. The Morgan fingerprint density at radius 1 is 1.43 bits per heavy atom. The van der Waals surface area contributed by atoms with Gasteiger partial charge in [0.05, 0.1) is 13.7 Å². The Morgan fingerprint density at radius 2 is 2.26 bits per heavy atom. The molecule has 0 bridgehead atoms. The molecule has 0 fully saturated rings. The summed E-state index contributed by atoms with van der Waals surface area (Å²) in [4.78, 5) is 29.2. The van der Waals surface area contributed by atoms with E-state index in [1.54, 1.807) is 18.2 Å². The Morgan fingerprint density at radius 3 is 3.00 bits per heavy atom. The van der Waals surface area contributed by atoms with Crippen LogP contribution in [-0.2, 0) is 13.0 Å². The first-order chi connectivity index (χ1) is 11.1. The van der Waals surface area contributed by atoms with Gasteiger partial charge >= 0.3 is 5.97 Å². The van der Waals surface area contributed by atoms with Crippen LogP contribution >= 0.6 is 0 Å². The van der Waals surface area contributed by atoms with E-state index < -0.39 is 5.97 Å². The van der Waals surface area contributed by atoms with E-state index in [4.69, 9.17) is 9.84 Å². The average Bonchev–Trinajstić information content (AvgIpc) is 3.00. The van der Waals surface area contributed by atoms with E-state index in [2.05, 4.69) is 10.1 Å². The van der Waals surface area contributed by atoms with Gasteiger partial charge in [0.2, 0.25) is 5.88 Å². The van der Waals surface area contributed by atoms with Gasteiger partial charge in [-0.25, -0.2) is 9.78 Å². The van der Waals surface area contributed by atoms with Crippen LogP contribution in [0.15, 0.2) is 24.4 Å². The minimum absolute atomic E-state index is 0.107. The number of fused-ring (bicyclic) bond motifs is 1. The Kier molecular flexibility index (Phi) is 3.96. The van der Waals surface area contributed by atoms with Crippen LogP contribution in [0.3, 0.4) is 0 Å². The molecule has 23 heavy (non-hydrogen) atoms. The van der Waals surface area contributed by atoms with E-state index >= 15 is 0 Å². The Labute approximate surface area is 132 Å². The van der Waals surface area contributed by atoms with Crippen LogP contribution in [0.1, 0.15) is 26.5 Å². The predicted octanol–water partition coefficient (Wildman–Crippen LogP) is 0.683. The highest BCUT2D eigenvalue weighted by molar-refractivity contribution is 5.96. The molecule has 0 saturated carbocycles. The van der Waals surface area contributed by atoms with Gasteiger partial charge in [-0.1, -0.05) is 6.07 Å². The van der Waals surface area contributed by atoms with Crippen LogP contribution in [0.25, 0.3) is 0 Å². The molecule has 0 spiro atoms. The molecule has 0 atom stereocenters. The predicted molar refractivity (Wildman–Crippen MR) is 79.6 cm³/mol. The zero-order valence-electron chi connectivity index (χ0n) is 12.6. The summed E-state index contributed by atoms with van der Waals surface area (Å²) in [5.74, 6) is -0.791. The highest BCUT2D eigenvalue weighted by atomic mass is 16.5. The van der Waals surface area contributed by atoms with Crippen molar-refractivity contribution in [3.63, 3.8) is 0 Å². The lowest BCUT2D eigenvalue weighted by molar-refractivity contribution is 0.0678. The van der Waals surface area contributed by atoms with E-state index in [1.807, 2.05) is 12.1 Å². The monoisotopic (exact) mass is 316 g/mol. The number of carboxylic acids is 1. The molecule has 1 amide bonds. The van der Waals surface area contributed by atoms with Crippen molar-refractivity contribution in [3.05, 3.63) is 41.3 Å². The Bertz CT molecular complexity index is 756. The zero-order valence-corrected chi connectivity index (χ0v) is 12.6. The first kappa shape index (κ1) is 15.0. The van der Waals surface area contributed by atoms with Crippen LogP contribution in [0, 0.1) is 0 Å². The molecule has 8 nitrogen and oxygen atoms in total. The summed E-state index contributed by atoms with van der Waals surface area (Å²) in [6, 6.07) is 5.05. The van der Waals surface area contributed by atoms with Crippen molar-refractivity contribution in [2.24, 2.45) is 0 Å². The van der Waals surface area contributed by atoms with Crippen molar-refractivity contribution in [2.45, 2.75) is 13.0 Å². The number of rotatable bonds is 5. The molecule has 0 aliphatic carbocycles. The summed E-state index contributed by atoms with van der Waals surface area (Å²) in [7, 11) is 1.56. The number of hydrogen-bond acceptors (Lipinski definition) is 5. The zero-order chi connectivity index (χ0) is 16.4. The smallest absolute Gasteiger partial charge is 0.356 e. The molecule has 0 saturated heterocycles. The largest absolute Gasteiger partial charge is 0.481 e. The lowest BCUT2D eigenvalue weighted by Crippen LogP contribution is -2.41. The fraction of sp³-hybridized carbons (Fsp3) is 0.333. The van der Waals surface area contributed by atoms with Gasteiger partial charge in [-0.3, -0.25) is 9.48 Å². The second-order valence-electron chi connectivity index (χ2n) is 5.16. The second kappa shape index (κ2) is 6.07. The Balaban J connectivity index is 1.72.